The third-order valence-corrected chi connectivity index (χ3v) is 4.25. The van der Waals surface area contributed by atoms with Crippen molar-refractivity contribution in [3.05, 3.63) is 25.6 Å². The minimum absolute atomic E-state index is 0.459. The van der Waals surface area contributed by atoms with E-state index in [1.54, 1.807) is 12.1 Å². The SMILES string of the molecule is O=C1ONN(c2cc(Br)c(Br)cc2Br)OC1=O. The zero-order valence-corrected chi connectivity index (χ0v) is 12.6. The fourth-order valence-electron chi connectivity index (χ4n) is 1.03. The van der Waals surface area contributed by atoms with Gasteiger partial charge in [0.05, 0.1) is 0 Å². The van der Waals surface area contributed by atoms with Crippen LogP contribution in [0.5, 0.6) is 0 Å². The van der Waals surface area contributed by atoms with Gasteiger partial charge in [-0.25, -0.2) is 9.59 Å². The predicted molar refractivity (Wildman–Crippen MR) is 67.3 cm³/mol. The molecule has 6 nitrogen and oxygen atoms in total. The maximum Gasteiger partial charge on any atom is 0.444 e. The molecule has 9 heteroatoms. The first-order valence-electron chi connectivity index (χ1n) is 4.12. The van der Waals surface area contributed by atoms with E-state index in [0.29, 0.717) is 10.2 Å². The molecule has 17 heavy (non-hydrogen) atoms. The fourth-order valence-corrected chi connectivity index (χ4v) is 2.52. The van der Waals surface area contributed by atoms with Gasteiger partial charge in [-0.2, -0.15) is 0 Å². The van der Waals surface area contributed by atoms with E-state index < -0.39 is 11.9 Å². The number of nitrogens with zero attached hydrogens (tertiary/aromatic N) is 1. The van der Waals surface area contributed by atoms with Gasteiger partial charge in [-0.15, -0.1) is 0 Å². The summed E-state index contributed by atoms with van der Waals surface area (Å²) in [6.45, 7) is 0. The molecule has 1 saturated heterocycles. The van der Waals surface area contributed by atoms with Crippen LogP contribution in [0.4, 0.5) is 5.69 Å². The summed E-state index contributed by atoms with van der Waals surface area (Å²) >= 11 is 9.91. The Hall–Kier alpha value is -0.640. The first-order valence-corrected chi connectivity index (χ1v) is 6.50. The summed E-state index contributed by atoms with van der Waals surface area (Å²) in [7, 11) is 0. The lowest BCUT2D eigenvalue weighted by molar-refractivity contribution is -0.192. The van der Waals surface area contributed by atoms with Crippen LogP contribution in [-0.4, -0.2) is 11.9 Å². The van der Waals surface area contributed by atoms with E-state index in [1.165, 1.54) is 0 Å². The van der Waals surface area contributed by atoms with Crippen LogP contribution < -0.4 is 10.8 Å². The predicted octanol–water partition coefficient (Wildman–Crippen LogP) is 2.22. The number of hydrogen-bond donors (Lipinski definition) is 1. The molecular formula is C8H3Br3N2O4. The molecule has 1 fully saturated rings. The lowest BCUT2D eigenvalue weighted by atomic mass is 10.3. The van der Waals surface area contributed by atoms with E-state index in [2.05, 4.69) is 58.2 Å². The first kappa shape index (κ1) is 12.8. The van der Waals surface area contributed by atoms with Gasteiger partial charge in [0, 0.05) is 13.4 Å². The zero-order chi connectivity index (χ0) is 12.6. The summed E-state index contributed by atoms with van der Waals surface area (Å²) < 4.78 is 2.18. The molecule has 1 aromatic rings. The molecule has 1 aliphatic rings. The number of hydrazine groups is 1. The molecule has 1 aromatic carbocycles. The Morgan fingerprint density at radius 1 is 1.00 bits per heavy atom. The van der Waals surface area contributed by atoms with E-state index in [-0.39, 0.29) is 0 Å². The standard InChI is InChI=1S/C8H3Br3N2O4/c9-3-1-5(11)6(2-4(3)10)13-12-16-7(14)8(15)17-13/h1-2,12H. The molecule has 0 aliphatic carbocycles. The van der Waals surface area contributed by atoms with Gasteiger partial charge >= 0.3 is 11.9 Å². The molecule has 90 valence electrons. The van der Waals surface area contributed by atoms with Crippen LogP contribution in [0.2, 0.25) is 0 Å². The lowest BCUT2D eigenvalue weighted by Crippen LogP contribution is -2.49. The molecule has 1 heterocycles. The van der Waals surface area contributed by atoms with Crippen molar-refractivity contribution in [2.24, 2.45) is 0 Å². The fraction of sp³-hybridized carbons (Fsp3) is 0. The number of anilines is 1. The minimum Gasteiger partial charge on any atom is -0.338 e. The van der Waals surface area contributed by atoms with Crippen LogP contribution >= 0.6 is 47.8 Å². The summed E-state index contributed by atoms with van der Waals surface area (Å²) in [4.78, 5) is 30.9. The summed E-state index contributed by atoms with van der Waals surface area (Å²) in [5.41, 5.74) is 2.64. The minimum atomic E-state index is -1.10. The first-order chi connectivity index (χ1) is 7.99. The Morgan fingerprint density at radius 2 is 1.65 bits per heavy atom. The lowest BCUT2D eigenvalue weighted by Gasteiger charge is -2.26. The summed E-state index contributed by atoms with van der Waals surface area (Å²) in [5.74, 6) is -2.21. The Balaban J connectivity index is 2.32. The van der Waals surface area contributed by atoms with Gasteiger partial charge in [-0.1, -0.05) is 5.17 Å². The molecule has 1 N–H and O–H groups in total. The van der Waals surface area contributed by atoms with E-state index in [9.17, 15) is 9.59 Å². The van der Waals surface area contributed by atoms with Crippen molar-refractivity contribution < 1.29 is 19.3 Å². The van der Waals surface area contributed by atoms with Gasteiger partial charge in [-0.05, 0) is 65.5 Å². The van der Waals surface area contributed by atoms with Gasteiger partial charge in [0.25, 0.3) is 0 Å². The second kappa shape index (κ2) is 4.92. The Kier molecular flexibility index (Phi) is 3.71. The average molecular weight is 431 g/mol. The van der Waals surface area contributed by atoms with Crippen LogP contribution in [0, 0.1) is 0 Å². The summed E-state index contributed by atoms with van der Waals surface area (Å²) in [6, 6.07) is 3.40. The number of halogens is 3. The zero-order valence-electron chi connectivity index (χ0n) is 7.87. The molecule has 0 atom stereocenters. The van der Waals surface area contributed by atoms with Crippen LogP contribution in [0.3, 0.4) is 0 Å². The van der Waals surface area contributed by atoms with Gasteiger partial charge in [0.2, 0.25) is 0 Å². The summed E-state index contributed by atoms with van der Waals surface area (Å²) in [6.07, 6.45) is 0. The van der Waals surface area contributed by atoms with Crippen LogP contribution in [0.1, 0.15) is 0 Å². The van der Waals surface area contributed by atoms with E-state index >= 15 is 0 Å². The molecule has 0 radical (unpaired) electrons. The van der Waals surface area contributed by atoms with Gasteiger partial charge in [0.1, 0.15) is 5.69 Å². The molecule has 0 aromatic heterocycles. The average Bonchev–Trinajstić information content (AvgIpc) is 2.27. The Bertz CT molecular complexity index is 508. The largest absolute Gasteiger partial charge is 0.444 e. The molecule has 1 aliphatic heterocycles. The van der Waals surface area contributed by atoms with Crippen molar-refractivity contribution in [1.82, 2.24) is 5.59 Å². The van der Waals surface area contributed by atoms with Crippen molar-refractivity contribution >= 4 is 65.4 Å². The number of rotatable bonds is 1. The van der Waals surface area contributed by atoms with E-state index in [1.807, 2.05) is 0 Å². The van der Waals surface area contributed by atoms with Crippen LogP contribution in [-0.2, 0) is 19.3 Å². The molecule has 0 amide bonds. The second-order valence-corrected chi connectivity index (χ2v) is 5.43. The monoisotopic (exact) mass is 428 g/mol. The molecule has 0 spiro atoms. The third-order valence-electron chi connectivity index (χ3n) is 1.77. The topological polar surface area (TPSA) is 67.9 Å². The molecule has 0 unspecified atom stereocenters. The smallest absolute Gasteiger partial charge is 0.338 e. The quantitative estimate of drug-likeness (QED) is 0.544. The van der Waals surface area contributed by atoms with Gasteiger partial charge < -0.3 is 9.68 Å². The maximum absolute atomic E-state index is 11.0. The number of benzene rings is 1. The highest BCUT2D eigenvalue weighted by Gasteiger charge is 2.30. The molecule has 0 bridgehead atoms. The Labute approximate surface area is 120 Å². The highest BCUT2D eigenvalue weighted by Crippen LogP contribution is 2.35. The van der Waals surface area contributed by atoms with Crippen molar-refractivity contribution in [2.75, 3.05) is 5.17 Å². The number of carbonyl (C=O) groups excluding carboxylic acids is 2. The van der Waals surface area contributed by atoms with Crippen LogP contribution in [0.25, 0.3) is 0 Å². The molecule has 0 saturated carbocycles. The molecule has 2 rings (SSSR count). The van der Waals surface area contributed by atoms with E-state index in [0.717, 1.165) is 14.1 Å². The third kappa shape index (κ3) is 2.62. The highest BCUT2D eigenvalue weighted by atomic mass is 79.9. The normalized spacial score (nSPS) is 15.6. The van der Waals surface area contributed by atoms with Gasteiger partial charge in [-0.3, -0.25) is 0 Å². The van der Waals surface area contributed by atoms with Crippen LogP contribution in [0.15, 0.2) is 25.6 Å². The van der Waals surface area contributed by atoms with Crippen molar-refractivity contribution in [3.8, 4) is 0 Å². The number of hydrogen-bond acceptors (Lipinski definition) is 6. The van der Waals surface area contributed by atoms with Crippen molar-refractivity contribution in [2.45, 2.75) is 0 Å². The molecular weight excluding hydrogens is 428 g/mol. The Morgan fingerprint density at radius 3 is 2.29 bits per heavy atom. The van der Waals surface area contributed by atoms with Crippen molar-refractivity contribution in [1.29, 1.82) is 0 Å². The highest BCUT2D eigenvalue weighted by molar-refractivity contribution is 9.13. The number of carbonyl (C=O) groups is 2. The second-order valence-electron chi connectivity index (χ2n) is 2.87. The van der Waals surface area contributed by atoms with Gasteiger partial charge in [0.15, 0.2) is 0 Å². The van der Waals surface area contributed by atoms with E-state index in [4.69, 9.17) is 4.84 Å². The van der Waals surface area contributed by atoms with Crippen molar-refractivity contribution in [3.63, 3.8) is 0 Å². The number of nitrogens with one attached hydrogen (secondary N) is 1. The maximum atomic E-state index is 11.0. The summed E-state index contributed by atoms with van der Waals surface area (Å²) in [5, 5.41) is 0.936.